The lowest BCUT2D eigenvalue weighted by Gasteiger charge is -2.41. The molecule has 4 heteroatoms. The molecular weight excluding hydrogens is 240 g/mol. The quantitative estimate of drug-likeness (QED) is 0.882. The van der Waals surface area contributed by atoms with Crippen LogP contribution in [-0.2, 0) is 11.3 Å². The van der Waals surface area contributed by atoms with Gasteiger partial charge in [0, 0.05) is 13.1 Å². The predicted octanol–water partition coefficient (Wildman–Crippen LogP) is 1.86. The van der Waals surface area contributed by atoms with E-state index in [0.717, 1.165) is 31.7 Å². The SMILES string of the molecule is O=C(OCc1ccccc1)N1CC2CNCC(C2)C1. The maximum atomic E-state index is 12.1. The zero-order chi connectivity index (χ0) is 13.1. The van der Waals surface area contributed by atoms with Gasteiger partial charge in [-0.1, -0.05) is 30.3 Å². The normalized spacial score (nSPS) is 26.0. The van der Waals surface area contributed by atoms with Crippen molar-refractivity contribution in [3.05, 3.63) is 35.9 Å². The van der Waals surface area contributed by atoms with E-state index < -0.39 is 0 Å². The minimum Gasteiger partial charge on any atom is -0.445 e. The largest absolute Gasteiger partial charge is 0.445 e. The first kappa shape index (κ1) is 12.5. The van der Waals surface area contributed by atoms with E-state index in [0.29, 0.717) is 18.4 Å². The lowest BCUT2D eigenvalue weighted by molar-refractivity contribution is 0.0552. The van der Waals surface area contributed by atoms with Crippen LogP contribution in [0.1, 0.15) is 12.0 Å². The number of rotatable bonds is 2. The van der Waals surface area contributed by atoms with Crippen molar-refractivity contribution >= 4 is 6.09 Å². The number of benzene rings is 1. The zero-order valence-electron chi connectivity index (χ0n) is 11.0. The van der Waals surface area contributed by atoms with Gasteiger partial charge in [0.2, 0.25) is 0 Å². The van der Waals surface area contributed by atoms with Crippen molar-refractivity contribution in [1.29, 1.82) is 0 Å². The fourth-order valence-corrected chi connectivity index (χ4v) is 3.07. The minimum absolute atomic E-state index is 0.166. The highest BCUT2D eigenvalue weighted by molar-refractivity contribution is 5.67. The lowest BCUT2D eigenvalue weighted by Crippen LogP contribution is -2.52. The molecule has 2 fully saturated rings. The van der Waals surface area contributed by atoms with Gasteiger partial charge in [0.1, 0.15) is 6.61 Å². The average molecular weight is 260 g/mol. The standard InChI is InChI=1S/C15H20N2O2/c18-15(19-11-12-4-2-1-3-5-12)17-9-13-6-14(10-17)8-16-7-13/h1-5,13-14,16H,6-11H2. The number of carbonyl (C=O) groups excluding carboxylic acids is 1. The van der Waals surface area contributed by atoms with E-state index in [1.165, 1.54) is 6.42 Å². The first-order valence-electron chi connectivity index (χ1n) is 6.97. The second-order valence-corrected chi connectivity index (χ2v) is 5.57. The van der Waals surface area contributed by atoms with Crippen LogP contribution in [-0.4, -0.2) is 37.2 Å². The molecule has 1 amide bonds. The van der Waals surface area contributed by atoms with Crippen LogP contribution in [0.5, 0.6) is 0 Å². The van der Waals surface area contributed by atoms with Crippen LogP contribution >= 0.6 is 0 Å². The number of piperidine rings is 2. The summed E-state index contributed by atoms with van der Waals surface area (Å²) in [5.41, 5.74) is 1.04. The second-order valence-electron chi connectivity index (χ2n) is 5.57. The molecule has 2 unspecified atom stereocenters. The molecular formula is C15H20N2O2. The van der Waals surface area contributed by atoms with Crippen molar-refractivity contribution in [1.82, 2.24) is 10.2 Å². The predicted molar refractivity (Wildman–Crippen MR) is 72.7 cm³/mol. The number of carbonyl (C=O) groups is 1. The van der Waals surface area contributed by atoms with Crippen molar-refractivity contribution in [3.63, 3.8) is 0 Å². The number of nitrogens with one attached hydrogen (secondary N) is 1. The zero-order valence-corrected chi connectivity index (χ0v) is 11.0. The number of ether oxygens (including phenoxy) is 1. The highest BCUT2D eigenvalue weighted by Crippen LogP contribution is 2.24. The van der Waals surface area contributed by atoms with E-state index >= 15 is 0 Å². The molecule has 0 radical (unpaired) electrons. The monoisotopic (exact) mass is 260 g/mol. The maximum Gasteiger partial charge on any atom is 0.410 e. The molecule has 0 aliphatic carbocycles. The number of hydrogen-bond acceptors (Lipinski definition) is 3. The summed E-state index contributed by atoms with van der Waals surface area (Å²) in [7, 11) is 0. The molecule has 102 valence electrons. The Morgan fingerprint density at radius 2 is 1.89 bits per heavy atom. The molecule has 0 saturated carbocycles. The van der Waals surface area contributed by atoms with Gasteiger partial charge in [0.25, 0.3) is 0 Å². The molecule has 0 aromatic heterocycles. The van der Waals surface area contributed by atoms with E-state index in [9.17, 15) is 4.79 Å². The Kier molecular flexibility index (Phi) is 3.69. The van der Waals surface area contributed by atoms with Crippen molar-refractivity contribution < 1.29 is 9.53 Å². The smallest absolute Gasteiger partial charge is 0.410 e. The Labute approximate surface area is 113 Å². The molecule has 2 aliphatic rings. The first-order valence-corrected chi connectivity index (χ1v) is 6.97. The molecule has 2 saturated heterocycles. The minimum atomic E-state index is -0.166. The summed E-state index contributed by atoms with van der Waals surface area (Å²) in [6.07, 6.45) is 1.08. The van der Waals surface area contributed by atoms with Gasteiger partial charge in [-0.25, -0.2) is 4.79 Å². The van der Waals surface area contributed by atoms with Gasteiger partial charge >= 0.3 is 6.09 Å². The van der Waals surface area contributed by atoms with Crippen LogP contribution in [0.2, 0.25) is 0 Å². The van der Waals surface area contributed by atoms with Crippen LogP contribution < -0.4 is 5.32 Å². The maximum absolute atomic E-state index is 12.1. The third-order valence-corrected chi connectivity index (χ3v) is 3.95. The molecule has 2 aliphatic heterocycles. The molecule has 4 nitrogen and oxygen atoms in total. The Morgan fingerprint density at radius 1 is 1.21 bits per heavy atom. The Balaban J connectivity index is 1.53. The fraction of sp³-hybridized carbons (Fsp3) is 0.533. The van der Waals surface area contributed by atoms with E-state index in [1.807, 2.05) is 35.2 Å². The summed E-state index contributed by atoms with van der Waals surface area (Å²) in [5.74, 6) is 1.19. The summed E-state index contributed by atoms with van der Waals surface area (Å²) < 4.78 is 5.40. The number of likely N-dealkylation sites (tertiary alicyclic amines) is 1. The molecule has 0 spiro atoms. The van der Waals surface area contributed by atoms with Crippen molar-refractivity contribution in [2.45, 2.75) is 13.0 Å². The van der Waals surface area contributed by atoms with Gasteiger partial charge in [0.05, 0.1) is 0 Å². The van der Waals surface area contributed by atoms with E-state index in [4.69, 9.17) is 4.74 Å². The molecule has 2 bridgehead atoms. The number of hydrogen-bond donors (Lipinski definition) is 1. The van der Waals surface area contributed by atoms with E-state index in [-0.39, 0.29) is 6.09 Å². The molecule has 1 aromatic rings. The Bertz CT molecular complexity index is 423. The Hall–Kier alpha value is -1.55. The Morgan fingerprint density at radius 3 is 2.58 bits per heavy atom. The van der Waals surface area contributed by atoms with Crippen LogP contribution in [0, 0.1) is 11.8 Å². The summed E-state index contributed by atoms with van der Waals surface area (Å²) in [4.78, 5) is 14.0. The van der Waals surface area contributed by atoms with Crippen LogP contribution in [0.25, 0.3) is 0 Å². The van der Waals surface area contributed by atoms with E-state index in [1.54, 1.807) is 0 Å². The second kappa shape index (κ2) is 5.61. The molecule has 19 heavy (non-hydrogen) atoms. The van der Waals surface area contributed by atoms with Gasteiger partial charge in [0.15, 0.2) is 0 Å². The number of fused-ring (bicyclic) bond motifs is 2. The molecule has 2 heterocycles. The fourth-order valence-electron chi connectivity index (χ4n) is 3.07. The molecule has 1 aromatic carbocycles. The van der Waals surface area contributed by atoms with Crippen molar-refractivity contribution in [2.24, 2.45) is 11.8 Å². The number of nitrogens with zero attached hydrogens (tertiary/aromatic N) is 1. The molecule has 1 N–H and O–H groups in total. The van der Waals surface area contributed by atoms with Gasteiger partial charge < -0.3 is 15.0 Å². The summed E-state index contributed by atoms with van der Waals surface area (Å²) >= 11 is 0. The van der Waals surface area contributed by atoms with Crippen LogP contribution in [0.15, 0.2) is 30.3 Å². The topological polar surface area (TPSA) is 41.6 Å². The summed E-state index contributed by atoms with van der Waals surface area (Å²) in [6, 6.07) is 9.83. The van der Waals surface area contributed by atoms with Gasteiger partial charge in [-0.2, -0.15) is 0 Å². The van der Waals surface area contributed by atoms with Crippen molar-refractivity contribution in [2.75, 3.05) is 26.2 Å². The van der Waals surface area contributed by atoms with Gasteiger partial charge in [-0.15, -0.1) is 0 Å². The molecule has 3 rings (SSSR count). The van der Waals surface area contributed by atoms with Gasteiger partial charge in [-0.05, 0) is 36.9 Å². The summed E-state index contributed by atoms with van der Waals surface area (Å²) in [5, 5.41) is 3.43. The highest BCUT2D eigenvalue weighted by Gasteiger charge is 2.33. The third kappa shape index (κ3) is 3.07. The lowest BCUT2D eigenvalue weighted by atomic mass is 9.86. The average Bonchev–Trinajstić information content (AvgIpc) is 2.45. The number of amides is 1. The first-order chi connectivity index (χ1) is 9.31. The van der Waals surface area contributed by atoms with Crippen LogP contribution in [0.4, 0.5) is 4.79 Å². The molecule has 2 atom stereocenters. The van der Waals surface area contributed by atoms with Gasteiger partial charge in [-0.3, -0.25) is 0 Å². The van der Waals surface area contributed by atoms with Crippen molar-refractivity contribution in [3.8, 4) is 0 Å². The third-order valence-electron chi connectivity index (χ3n) is 3.95. The van der Waals surface area contributed by atoms with Crippen LogP contribution in [0.3, 0.4) is 0 Å². The highest BCUT2D eigenvalue weighted by atomic mass is 16.6. The summed E-state index contributed by atoms with van der Waals surface area (Å²) in [6.45, 7) is 4.08. The van der Waals surface area contributed by atoms with E-state index in [2.05, 4.69) is 5.32 Å².